The largest absolute Gasteiger partial charge is 0.497 e. The molecule has 0 fully saturated rings. The van der Waals surface area contributed by atoms with Crippen LogP contribution in [-0.2, 0) is 6.42 Å². The lowest BCUT2D eigenvalue weighted by Gasteiger charge is -2.39. The van der Waals surface area contributed by atoms with E-state index in [0.717, 1.165) is 46.3 Å². The highest BCUT2D eigenvalue weighted by molar-refractivity contribution is 8.16. The minimum absolute atomic E-state index is 0.0156. The molecule has 0 unspecified atom stereocenters. The van der Waals surface area contributed by atoms with E-state index >= 15 is 0 Å². The molecule has 168 valence electrons. The lowest BCUT2D eigenvalue weighted by Crippen LogP contribution is -2.34. The van der Waals surface area contributed by atoms with Crippen molar-refractivity contribution in [2.75, 3.05) is 7.11 Å². The zero-order valence-electron chi connectivity index (χ0n) is 18.5. The molecule has 6 nitrogen and oxygen atoms in total. The van der Waals surface area contributed by atoms with E-state index in [0.29, 0.717) is 0 Å². The lowest BCUT2D eigenvalue weighted by atomic mass is 9.82. The number of benzene rings is 3. The van der Waals surface area contributed by atoms with Crippen molar-refractivity contribution in [3.8, 4) is 5.75 Å². The highest BCUT2D eigenvalue weighted by Gasteiger charge is 2.40. The Labute approximate surface area is 201 Å². The van der Waals surface area contributed by atoms with Gasteiger partial charge in [-0.15, -0.1) is 0 Å². The number of nitrogens with zero attached hydrogens (tertiary/aromatic N) is 3. The third-order valence-corrected chi connectivity index (χ3v) is 7.42. The van der Waals surface area contributed by atoms with Gasteiger partial charge in [0.1, 0.15) is 5.75 Å². The van der Waals surface area contributed by atoms with Gasteiger partial charge in [-0.1, -0.05) is 48.2 Å². The second kappa shape index (κ2) is 8.18. The standard InChI is InChI=1S/C27H21N3O3S/c1-33-21-13-8-19(9-14-21)26-23-15-10-17-4-2-3-5-22(17)25(23)28-27-29(26)24(16-34-27)18-6-11-20(12-7-18)30(31)32/h2-9,11-14,16,26H,10,15H2,1H3/t26-/m1/s1. The lowest BCUT2D eigenvalue weighted by molar-refractivity contribution is -0.384. The van der Waals surface area contributed by atoms with Crippen LogP contribution in [-0.4, -0.2) is 22.1 Å². The molecule has 0 bridgehead atoms. The second-order valence-electron chi connectivity index (χ2n) is 8.40. The molecule has 3 aliphatic rings. The molecule has 7 heteroatoms. The summed E-state index contributed by atoms with van der Waals surface area (Å²) in [5.74, 6) is 0.818. The van der Waals surface area contributed by atoms with E-state index in [1.807, 2.05) is 24.3 Å². The van der Waals surface area contributed by atoms with E-state index < -0.39 is 0 Å². The fraction of sp³-hybridized carbons (Fsp3) is 0.148. The molecule has 6 rings (SSSR count). The summed E-state index contributed by atoms with van der Waals surface area (Å²) in [4.78, 5) is 18.2. The molecule has 3 aromatic carbocycles. The number of amidine groups is 1. The first-order valence-electron chi connectivity index (χ1n) is 11.1. The van der Waals surface area contributed by atoms with E-state index in [1.165, 1.54) is 16.7 Å². The number of nitro groups is 1. The van der Waals surface area contributed by atoms with Crippen molar-refractivity contribution in [3.05, 3.63) is 116 Å². The number of hydrogen-bond acceptors (Lipinski definition) is 6. The fourth-order valence-corrected chi connectivity index (χ4v) is 5.86. The maximum atomic E-state index is 11.1. The average molecular weight is 468 g/mol. The van der Waals surface area contributed by atoms with Crippen molar-refractivity contribution >= 4 is 34.0 Å². The molecular weight excluding hydrogens is 446 g/mol. The summed E-state index contributed by atoms with van der Waals surface area (Å²) in [6.45, 7) is 0. The number of nitro benzene ring substituents is 1. The quantitative estimate of drug-likeness (QED) is 0.327. The molecule has 0 aromatic heterocycles. The Balaban J connectivity index is 1.49. The van der Waals surface area contributed by atoms with Crippen LogP contribution >= 0.6 is 11.8 Å². The smallest absolute Gasteiger partial charge is 0.269 e. The van der Waals surface area contributed by atoms with Crippen molar-refractivity contribution in [1.29, 1.82) is 0 Å². The normalized spacial score (nSPS) is 18.5. The Morgan fingerprint density at radius 3 is 2.53 bits per heavy atom. The molecule has 2 heterocycles. The molecule has 1 aliphatic carbocycles. The predicted octanol–water partition coefficient (Wildman–Crippen LogP) is 6.42. The SMILES string of the molecule is COc1ccc([C@@H]2C3=C(N=C4SC=C(c5ccc([N+](=O)[O-])cc5)N42)c2ccccc2CC3)cc1. The second-order valence-corrected chi connectivity index (χ2v) is 9.23. The van der Waals surface area contributed by atoms with Gasteiger partial charge >= 0.3 is 0 Å². The van der Waals surface area contributed by atoms with Crippen molar-refractivity contribution in [2.24, 2.45) is 4.99 Å². The molecule has 0 saturated carbocycles. The number of aryl methyl sites for hydroxylation is 1. The number of thioether (sulfide) groups is 1. The monoisotopic (exact) mass is 467 g/mol. The topological polar surface area (TPSA) is 68.0 Å². The van der Waals surface area contributed by atoms with Gasteiger partial charge < -0.3 is 9.64 Å². The third-order valence-electron chi connectivity index (χ3n) is 6.58. The van der Waals surface area contributed by atoms with Crippen LogP contribution in [0.25, 0.3) is 11.4 Å². The summed E-state index contributed by atoms with van der Waals surface area (Å²) in [6, 6.07) is 23.5. The van der Waals surface area contributed by atoms with Gasteiger partial charge in [-0.05, 0) is 59.4 Å². The summed E-state index contributed by atoms with van der Waals surface area (Å²) in [6.07, 6.45) is 1.90. The first kappa shape index (κ1) is 20.7. The third kappa shape index (κ3) is 3.31. The van der Waals surface area contributed by atoms with E-state index in [-0.39, 0.29) is 16.7 Å². The van der Waals surface area contributed by atoms with Gasteiger partial charge in [-0.25, -0.2) is 4.99 Å². The molecule has 2 aliphatic heterocycles. The summed E-state index contributed by atoms with van der Waals surface area (Å²) >= 11 is 1.60. The highest BCUT2D eigenvalue weighted by Crippen LogP contribution is 2.51. The summed E-state index contributed by atoms with van der Waals surface area (Å²) in [7, 11) is 1.67. The van der Waals surface area contributed by atoms with Gasteiger partial charge in [0.15, 0.2) is 5.17 Å². The molecule has 0 spiro atoms. The van der Waals surface area contributed by atoms with Crippen LogP contribution in [0.3, 0.4) is 0 Å². The fourth-order valence-electron chi connectivity index (χ4n) is 4.93. The van der Waals surface area contributed by atoms with Crippen LogP contribution in [0.1, 0.15) is 34.7 Å². The van der Waals surface area contributed by atoms with Gasteiger partial charge in [-0.3, -0.25) is 10.1 Å². The van der Waals surface area contributed by atoms with Crippen LogP contribution in [0.15, 0.2) is 88.8 Å². The predicted molar refractivity (Wildman–Crippen MR) is 135 cm³/mol. The molecule has 0 radical (unpaired) electrons. The van der Waals surface area contributed by atoms with Crippen molar-refractivity contribution < 1.29 is 9.66 Å². The minimum atomic E-state index is -0.369. The Bertz CT molecular complexity index is 1390. The van der Waals surface area contributed by atoms with Crippen molar-refractivity contribution in [2.45, 2.75) is 18.9 Å². The first-order valence-corrected chi connectivity index (χ1v) is 12.0. The van der Waals surface area contributed by atoms with Crippen LogP contribution in [0, 0.1) is 10.1 Å². The maximum Gasteiger partial charge on any atom is 0.269 e. The Morgan fingerprint density at radius 1 is 1.03 bits per heavy atom. The summed E-state index contributed by atoms with van der Waals surface area (Å²) in [5.41, 5.74) is 8.09. The molecule has 0 amide bonds. The van der Waals surface area contributed by atoms with Crippen LogP contribution < -0.4 is 4.74 Å². The number of aliphatic imine (C=N–C) groups is 1. The Morgan fingerprint density at radius 2 is 1.79 bits per heavy atom. The number of methoxy groups -OCH3 is 1. The van der Waals surface area contributed by atoms with Gasteiger partial charge in [0.05, 0.1) is 29.5 Å². The van der Waals surface area contributed by atoms with E-state index in [2.05, 4.69) is 46.7 Å². The molecule has 34 heavy (non-hydrogen) atoms. The van der Waals surface area contributed by atoms with E-state index in [9.17, 15) is 10.1 Å². The Kier molecular flexibility index (Phi) is 4.99. The van der Waals surface area contributed by atoms with Gasteiger partial charge in [0, 0.05) is 23.1 Å². The number of ether oxygens (including phenoxy) is 1. The molecule has 0 N–H and O–H groups in total. The van der Waals surface area contributed by atoms with Crippen LogP contribution in [0.4, 0.5) is 5.69 Å². The van der Waals surface area contributed by atoms with Gasteiger partial charge in [0.25, 0.3) is 5.69 Å². The zero-order valence-corrected chi connectivity index (χ0v) is 19.3. The van der Waals surface area contributed by atoms with E-state index in [1.54, 1.807) is 31.0 Å². The molecule has 0 saturated heterocycles. The maximum absolute atomic E-state index is 11.1. The number of fused-ring (bicyclic) bond motifs is 3. The van der Waals surface area contributed by atoms with Gasteiger partial charge in [-0.2, -0.15) is 0 Å². The number of non-ortho nitro benzene ring substituents is 1. The number of hydrogen-bond donors (Lipinski definition) is 0. The molecule has 3 aromatic rings. The number of rotatable bonds is 4. The Hall–Kier alpha value is -3.84. The minimum Gasteiger partial charge on any atom is -0.497 e. The average Bonchev–Trinajstić information content (AvgIpc) is 3.31. The summed E-state index contributed by atoms with van der Waals surface area (Å²) < 4.78 is 5.40. The van der Waals surface area contributed by atoms with Crippen molar-refractivity contribution in [3.63, 3.8) is 0 Å². The van der Waals surface area contributed by atoms with Crippen LogP contribution in [0.5, 0.6) is 5.75 Å². The van der Waals surface area contributed by atoms with Crippen LogP contribution in [0.2, 0.25) is 0 Å². The highest BCUT2D eigenvalue weighted by atomic mass is 32.2. The summed E-state index contributed by atoms with van der Waals surface area (Å²) in [5, 5.41) is 14.2. The zero-order chi connectivity index (χ0) is 23.2. The van der Waals surface area contributed by atoms with Gasteiger partial charge in [0.2, 0.25) is 0 Å². The molecule has 1 atom stereocenters. The van der Waals surface area contributed by atoms with E-state index in [4.69, 9.17) is 9.73 Å². The first-order chi connectivity index (χ1) is 16.6. The molecular formula is C27H21N3O3S. The van der Waals surface area contributed by atoms with Crippen molar-refractivity contribution in [1.82, 2.24) is 4.90 Å².